The van der Waals surface area contributed by atoms with Crippen molar-refractivity contribution in [2.45, 2.75) is 51.6 Å². The Balaban J connectivity index is 2.28. The monoisotopic (exact) mass is 284 g/mol. The van der Waals surface area contributed by atoms with Crippen molar-refractivity contribution >= 4 is 15.9 Å². The number of hydrogen-bond acceptors (Lipinski definition) is 1. The third kappa shape index (κ3) is 5.13. The molecule has 1 N–H and O–H groups in total. The van der Waals surface area contributed by atoms with Crippen molar-refractivity contribution in [2.75, 3.05) is 0 Å². The van der Waals surface area contributed by atoms with Gasteiger partial charge in [-0.25, -0.2) is 0 Å². The smallest absolute Gasteiger partial charge is 0.0581 e. The van der Waals surface area contributed by atoms with E-state index in [1.165, 1.54) is 24.8 Å². The molecule has 1 aromatic rings. The van der Waals surface area contributed by atoms with Gasteiger partial charge >= 0.3 is 0 Å². The van der Waals surface area contributed by atoms with Crippen LogP contribution in [-0.4, -0.2) is 11.2 Å². The van der Waals surface area contributed by atoms with Crippen LogP contribution in [0.4, 0.5) is 0 Å². The van der Waals surface area contributed by atoms with Crippen LogP contribution >= 0.6 is 15.9 Å². The van der Waals surface area contributed by atoms with Crippen LogP contribution in [0.1, 0.15) is 44.6 Å². The zero-order valence-electron chi connectivity index (χ0n) is 9.95. The van der Waals surface area contributed by atoms with Crippen LogP contribution in [0.15, 0.2) is 28.7 Å². The van der Waals surface area contributed by atoms with Crippen molar-refractivity contribution in [3.8, 4) is 0 Å². The topological polar surface area (TPSA) is 20.2 Å². The van der Waals surface area contributed by atoms with Crippen LogP contribution in [0.3, 0.4) is 0 Å². The number of unbranched alkanes of at least 4 members (excludes halogenated alkanes) is 3. The van der Waals surface area contributed by atoms with Gasteiger partial charge in [0.1, 0.15) is 0 Å². The first-order valence-electron chi connectivity index (χ1n) is 6.15. The number of benzene rings is 1. The molecule has 90 valence electrons. The van der Waals surface area contributed by atoms with Gasteiger partial charge in [-0.15, -0.1) is 0 Å². The summed E-state index contributed by atoms with van der Waals surface area (Å²) in [5.74, 6) is 0. The molecule has 0 spiro atoms. The molecule has 1 unspecified atom stereocenters. The molecule has 0 bridgehead atoms. The molecule has 1 rings (SSSR count). The third-order valence-corrected chi connectivity index (χ3v) is 3.58. The first-order valence-corrected chi connectivity index (χ1v) is 6.94. The van der Waals surface area contributed by atoms with Gasteiger partial charge in [0.05, 0.1) is 6.10 Å². The van der Waals surface area contributed by atoms with Gasteiger partial charge in [0.2, 0.25) is 0 Å². The highest BCUT2D eigenvalue weighted by molar-refractivity contribution is 9.10. The Kier molecular flexibility index (Phi) is 6.74. The number of aliphatic hydroxyl groups excluding tert-OH is 1. The van der Waals surface area contributed by atoms with Gasteiger partial charge in [-0.3, -0.25) is 0 Å². The maximum Gasteiger partial charge on any atom is 0.0581 e. The fraction of sp³-hybridized carbons (Fsp3) is 0.571. The highest BCUT2D eigenvalue weighted by Crippen LogP contribution is 2.19. The van der Waals surface area contributed by atoms with Crippen LogP contribution in [0.25, 0.3) is 0 Å². The highest BCUT2D eigenvalue weighted by Gasteiger charge is 2.07. The largest absolute Gasteiger partial charge is 0.393 e. The van der Waals surface area contributed by atoms with Gasteiger partial charge in [0.15, 0.2) is 0 Å². The zero-order chi connectivity index (χ0) is 11.8. The lowest BCUT2D eigenvalue weighted by atomic mass is 10.0. The normalized spacial score (nSPS) is 12.7. The Bertz CT molecular complexity index is 299. The maximum absolute atomic E-state index is 9.91. The fourth-order valence-electron chi connectivity index (χ4n) is 1.83. The minimum absolute atomic E-state index is 0.199. The lowest BCUT2D eigenvalue weighted by Crippen LogP contribution is -2.10. The van der Waals surface area contributed by atoms with E-state index in [2.05, 4.69) is 28.9 Å². The summed E-state index contributed by atoms with van der Waals surface area (Å²) in [6.07, 6.45) is 6.38. The summed E-state index contributed by atoms with van der Waals surface area (Å²) in [4.78, 5) is 0. The van der Waals surface area contributed by atoms with Crippen LogP contribution in [0, 0.1) is 0 Å². The summed E-state index contributed by atoms with van der Waals surface area (Å²) in [6, 6.07) is 8.11. The summed E-state index contributed by atoms with van der Waals surface area (Å²) in [5, 5.41) is 9.91. The van der Waals surface area contributed by atoms with E-state index in [0.29, 0.717) is 0 Å². The summed E-state index contributed by atoms with van der Waals surface area (Å²) >= 11 is 3.51. The van der Waals surface area contributed by atoms with E-state index in [4.69, 9.17) is 0 Å². The number of hydrogen-bond donors (Lipinski definition) is 1. The minimum atomic E-state index is -0.199. The predicted octanol–water partition coefficient (Wildman–Crippen LogP) is 4.32. The van der Waals surface area contributed by atoms with Crippen molar-refractivity contribution in [1.82, 2.24) is 0 Å². The van der Waals surface area contributed by atoms with E-state index in [1.807, 2.05) is 18.2 Å². The van der Waals surface area contributed by atoms with Gasteiger partial charge < -0.3 is 5.11 Å². The predicted molar refractivity (Wildman–Crippen MR) is 72.6 cm³/mol. The number of aliphatic hydroxyl groups is 1. The Morgan fingerprint density at radius 3 is 2.62 bits per heavy atom. The first kappa shape index (κ1) is 13.7. The van der Waals surface area contributed by atoms with E-state index in [0.717, 1.165) is 23.7 Å². The lowest BCUT2D eigenvalue weighted by molar-refractivity contribution is 0.161. The van der Waals surface area contributed by atoms with Crippen molar-refractivity contribution in [1.29, 1.82) is 0 Å². The van der Waals surface area contributed by atoms with E-state index in [9.17, 15) is 5.11 Å². The standard InChI is InChI=1S/C14H21BrO/c1-2-3-4-5-9-13(16)11-12-8-6-7-10-14(12)15/h6-8,10,13,16H,2-5,9,11H2,1H3. The average molecular weight is 285 g/mol. The van der Waals surface area contributed by atoms with Gasteiger partial charge in [0, 0.05) is 4.47 Å². The van der Waals surface area contributed by atoms with Gasteiger partial charge in [-0.05, 0) is 24.5 Å². The molecule has 1 aromatic carbocycles. The molecular weight excluding hydrogens is 264 g/mol. The minimum Gasteiger partial charge on any atom is -0.393 e. The van der Waals surface area contributed by atoms with Gasteiger partial charge in [-0.2, -0.15) is 0 Å². The van der Waals surface area contributed by atoms with Crippen molar-refractivity contribution < 1.29 is 5.11 Å². The molecular formula is C14H21BrO. The summed E-state index contributed by atoms with van der Waals surface area (Å²) in [6.45, 7) is 2.21. The molecule has 1 nitrogen and oxygen atoms in total. The molecule has 0 aromatic heterocycles. The highest BCUT2D eigenvalue weighted by atomic mass is 79.9. The van der Waals surface area contributed by atoms with Crippen molar-refractivity contribution in [2.24, 2.45) is 0 Å². The summed E-state index contributed by atoms with van der Waals surface area (Å²) < 4.78 is 1.10. The first-order chi connectivity index (χ1) is 7.74. The number of halogens is 1. The van der Waals surface area contributed by atoms with Crippen LogP contribution < -0.4 is 0 Å². The Morgan fingerprint density at radius 2 is 1.94 bits per heavy atom. The van der Waals surface area contributed by atoms with E-state index >= 15 is 0 Å². The van der Waals surface area contributed by atoms with E-state index < -0.39 is 0 Å². The molecule has 1 atom stereocenters. The maximum atomic E-state index is 9.91. The Labute approximate surface area is 107 Å². The molecule has 16 heavy (non-hydrogen) atoms. The molecule has 0 fully saturated rings. The van der Waals surface area contributed by atoms with Crippen molar-refractivity contribution in [3.63, 3.8) is 0 Å². The molecule has 0 saturated heterocycles. The fourth-order valence-corrected chi connectivity index (χ4v) is 2.27. The van der Waals surface area contributed by atoms with Crippen LogP contribution in [0.2, 0.25) is 0 Å². The van der Waals surface area contributed by atoms with Gasteiger partial charge in [0.25, 0.3) is 0 Å². The molecule has 2 heteroatoms. The van der Waals surface area contributed by atoms with Gasteiger partial charge in [-0.1, -0.05) is 66.7 Å². The van der Waals surface area contributed by atoms with Crippen LogP contribution in [0.5, 0.6) is 0 Å². The molecule has 0 amide bonds. The summed E-state index contributed by atoms with van der Waals surface area (Å²) in [7, 11) is 0. The molecule has 0 saturated carbocycles. The Morgan fingerprint density at radius 1 is 1.19 bits per heavy atom. The lowest BCUT2D eigenvalue weighted by Gasteiger charge is -2.11. The van der Waals surface area contributed by atoms with E-state index in [1.54, 1.807) is 0 Å². The second-order valence-electron chi connectivity index (χ2n) is 4.30. The third-order valence-electron chi connectivity index (χ3n) is 2.80. The zero-order valence-corrected chi connectivity index (χ0v) is 11.5. The Hall–Kier alpha value is -0.340. The second kappa shape index (κ2) is 7.86. The SMILES string of the molecule is CCCCCCC(O)Cc1ccccc1Br. The molecule has 0 aliphatic heterocycles. The molecule has 0 aliphatic carbocycles. The summed E-state index contributed by atoms with van der Waals surface area (Å²) in [5.41, 5.74) is 1.20. The molecule has 0 heterocycles. The second-order valence-corrected chi connectivity index (χ2v) is 5.15. The van der Waals surface area contributed by atoms with Crippen LogP contribution in [-0.2, 0) is 6.42 Å². The average Bonchev–Trinajstić information content (AvgIpc) is 2.28. The van der Waals surface area contributed by atoms with E-state index in [-0.39, 0.29) is 6.10 Å². The number of rotatable bonds is 7. The molecule has 0 aliphatic rings. The quantitative estimate of drug-likeness (QED) is 0.740. The molecule has 0 radical (unpaired) electrons. The van der Waals surface area contributed by atoms with Crippen molar-refractivity contribution in [3.05, 3.63) is 34.3 Å².